The van der Waals surface area contributed by atoms with Crippen LogP contribution < -0.4 is 11.1 Å². The van der Waals surface area contributed by atoms with Gasteiger partial charge >= 0.3 is 0 Å². The van der Waals surface area contributed by atoms with E-state index < -0.39 is 0 Å². The monoisotopic (exact) mass is 214 g/mol. The van der Waals surface area contributed by atoms with E-state index in [2.05, 4.69) is 19.2 Å². The summed E-state index contributed by atoms with van der Waals surface area (Å²) in [6.07, 6.45) is 4.67. The van der Waals surface area contributed by atoms with Gasteiger partial charge in [0.1, 0.15) is 0 Å². The van der Waals surface area contributed by atoms with Crippen LogP contribution in [-0.2, 0) is 4.79 Å². The van der Waals surface area contributed by atoms with E-state index in [1.54, 1.807) is 0 Å². The molecule has 0 rings (SSSR count). The Balaban J connectivity index is 3.64. The molecule has 0 heterocycles. The molecule has 0 aliphatic carbocycles. The van der Waals surface area contributed by atoms with Crippen LogP contribution in [0.1, 0.15) is 59.8 Å². The van der Waals surface area contributed by atoms with Crippen LogP contribution in [0.3, 0.4) is 0 Å². The lowest BCUT2D eigenvalue weighted by Crippen LogP contribution is -2.37. The summed E-state index contributed by atoms with van der Waals surface area (Å²) in [6, 6.07) is 0.290. The van der Waals surface area contributed by atoms with Gasteiger partial charge < -0.3 is 11.1 Å². The van der Waals surface area contributed by atoms with E-state index >= 15 is 0 Å². The molecule has 0 saturated carbocycles. The zero-order chi connectivity index (χ0) is 11.9. The number of hydrogen-bond donors (Lipinski definition) is 2. The third kappa shape index (κ3) is 9.73. The van der Waals surface area contributed by atoms with Crippen molar-refractivity contribution in [3.63, 3.8) is 0 Å². The molecule has 3 N–H and O–H groups in total. The Morgan fingerprint density at radius 3 is 2.53 bits per heavy atom. The molecule has 0 fully saturated rings. The fraction of sp³-hybridized carbons (Fsp3) is 0.917. The van der Waals surface area contributed by atoms with E-state index in [-0.39, 0.29) is 11.4 Å². The normalized spacial score (nSPS) is 13.7. The van der Waals surface area contributed by atoms with Crippen LogP contribution in [0.4, 0.5) is 0 Å². The average molecular weight is 214 g/mol. The number of rotatable bonds is 7. The molecular weight excluding hydrogens is 188 g/mol. The van der Waals surface area contributed by atoms with Crippen molar-refractivity contribution in [1.82, 2.24) is 5.32 Å². The molecule has 3 heteroatoms. The van der Waals surface area contributed by atoms with Crippen LogP contribution >= 0.6 is 0 Å². The second-order valence-corrected chi connectivity index (χ2v) is 5.10. The van der Waals surface area contributed by atoms with Crippen molar-refractivity contribution in [2.75, 3.05) is 0 Å². The molecule has 0 aromatic heterocycles. The quantitative estimate of drug-likeness (QED) is 0.682. The van der Waals surface area contributed by atoms with E-state index in [1.165, 1.54) is 12.8 Å². The minimum Gasteiger partial charge on any atom is -0.354 e. The predicted octanol–water partition coefficient (Wildman–Crippen LogP) is 2.20. The number of unbranched alkanes of at least 4 members (excludes halogenated alkanes) is 1. The van der Waals surface area contributed by atoms with E-state index in [0.29, 0.717) is 12.5 Å². The van der Waals surface area contributed by atoms with Gasteiger partial charge in [-0.25, -0.2) is 0 Å². The van der Waals surface area contributed by atoms with Gasteiger partial charge in [-0.3, -0.25) is 4.79 Å². The summed E-state index contributed by atoms with van der Waals surface area (Å²) in [5.74, 6) is 0.122. The van der Waals surface area contributed by atoms with E-state index in [4.69, 9.17) is 5.73 Å². The topological polar surface area (TPSA) is 55.1 Å². The molecule has 0 aliphatic rings. The molecule has 0 aromatic rings. The molecule has 0 spiro atoms. The van der Waals surface area contributed by atoms with Crippen molar-refractivity contribution in [3.05, 3.63) is 0 Å². The SMILES string of the molecule is CCCCC(C)NC(=O)CCC(C)(C)N. The van der Waals surface area contributed by atoms with Crippen LogP contribution in [0.2, 0.25) is 0 Å². The van der Waals surface area contributed by atoms with Gasteiger partial charge in [-0.15, -0.1) is 0 Å². The van der Waals surface area contributed by atoms with Gasteiger partial charge in [0.2, 0.25) is 5.91 Å². The number of hydrogen-bond acceptors (Lipinski definition) is 2. The molecule has 1 unspecified atom stereocenters. The van der Waals surface area contributed by atoms with Gasteiger partial charge in [-0.2, -0.15) is 0 Å². The lowest BCUT2D eigenvalue weighted by molar-refractivity contribution is -0.122. The van der Waals surface area contributed by atoms with Crippen LogP contribution in [0.25, 0.3) is 0 Å². The van der Waals surface area contributed by atoms with Gasteiger partial charge in [0.05, 0.1) is 0 Å². The molecule has 90 valence electrons. The number of nitrogens with two attached hydrogens (primary N) is 1. The highest BCUT2D eigenvalue weighted by Gasteiger charge is 2.14. The van der Waals surface area contributed by atoms with Crippen LogP contribution in [0.15, 0.2) is 0 Å². The highest BCUT2D eigenvalue weighted by molar-refractivity contribution is 5.76. The lowest BCUT2D eigenvalue weighted by Gasteiger charge is -2.19. The van der Waals surface area contributed by atoms with Crippen LogP contribution in [0, 0.1) is 0 Å². The fourth-order valence-electron chi connectivity index (χ4n) is 1.37. The van der Waals surface area contributed by atoms with E-state index in [0.717, 1.165) is 12.8 Å². The van der Waals surface area contributed by atoms with Gasteiger partial charge in [0.15, 0.2) is 0 Å². The van der Waals surface area contributed by atoms with Crippen molar-refractivity contribution in [3.8, 4) is 0 Å². The molecule has 0 saturated heterocycles. The third-order valence-corrected chi connectivity index (χ3v) is 2.39. The maximum atomic E-state index is 11.5. The summed E-state index contributed by atoms with van der Waals surface area (Å²) in [5.41, 5.74) is 5.57. The second kappa shape index (κ2) is 6.83. The van der Waals surface area contributed by atoms with Crippen molar-refractivity contribution in [2.24, 2.45) is 5.73 Å². The molecule has 0 aromatic carbocycles. The Morgan fingerprint density at radius 1 is 1.47 bits per heavy atom. The van der Waals surface area contributed by atoms with Gasteiger partial charge in [0.25, 0.3) is 0 Å². The maximum Gasteiger partial charge on any atom is 0.220 e. The number of nitrogens with one attached hydrogen (secondary N) is 1. The molecular formula is C12H26N2O. The van der Waals surface area contributed by atoms with E-state index in [1.807, 2.05) is 13.8 Å². The van der Waals surface area contributed by atoms with Gasteiger partial charge in [0, 0.05) is 18.0 Å². The van der Waals surface area contributed by atoms with Crippen molar-refractivity contribution in [2.45, 2.75) is 71.4 Å². The molecule has 0 radical (unpaired) electrons. The van der Waals surface area contributed by atoms with Crippen molar-refractivity contribution in [1.29, 1.82) is 0 Å². The Morgan fingerprint density at radius 2 is 2.07 bits per heavy atom. The zero-order valence-corrected chi connectivity index (χ0v) is 10.6. The standard InChI is InChI=1S/C12H26N2O/c1-5-6-7-10(2)14-11(15)8-9-12(3,4)13/h10H,5-9,13H2,1-4H3,(H,14,15). The lowest BCUT2D eigenvalue weighted by atomic mass is 10.00. The second-order valence-electron chi connectivity index (χ2n) is 5.10. The summed E-state index contributed by atoms with van der Waals surface area (Å²) in [5, 5.41) is 2.99. The minimum atomic E-state index is -0.246. The zero-order valence-electron chi connectivity index (χ0n) is 10.6. The highest BCUT2D eigenvalue weighted by Crippen LogP contribution is 2.07. The smallest absolute Gasteiger partial charge is 0.220 e. The minimum absolute atomic E-state index is 0.122. The Bertz CT molecular complexity index is 185. The van der Waals surface area contributed by atoms with E-state index in [9.17, 15) is 4.79 Å². The predicted molar refractivity (Wildman–Crippen MR) is 64.6 cm³/mol. The van der Waals surface area contributed by atoms with Gasteiger partial charge in [-0.05, 0) is 33.6 Å². The molecule has 1 atom stereocenters. The third-order valence-electron chi connectivity index (χ3n) is 2.39. The molecule has 0 aliphatic heterocycles. The first-order valence-electron chi connectivity index (χ1n) is 5.93. The molecule has 15 heavy (non-hydrogen) atoms. The maximum absolute atomic E-state index is 11.5. The summed E-state index contributed by atoms with van der Waals surface area (Å²) in [6.45, 7) is 8.11. The molecule has 3 nitrogen and oxygen atoms in total. The average Bonchev–Trinajstić information content (AvgIpc) is 2.10. The first-order chi connectivity index (χ1) is 6.85. The number of carbonyl (C=O) groups is 1. The number of carbonyl (C=O) groups excluding carboxylic acids is 1. The Kier molecular flexibility index (Phi) is 6.57. The summed E-state index contributed by atoms with van der Waals surface area (Å²) in [7, 11) is 0. The molecule has 0 bridgehead atoms. The van der Waals surface area contributed by atoms with Crippen LogP contribution in [-0.4, -0.2) is 17.5 Å². The highest BCUT2D eigenvalue weighted by atomic mass is 16.1. The summed E-state index contributed by atoms with van der Waals surface area (Å²) in [4.78, 5) is 11.5. The first-order valence-corrected chi connectivity index (χ1v) is 5.93. The number of amides is 1. The molecule has 1 amide bonds. The first kappa shape index (κ1) is 14.4. The Labute approximate surface area is 93.8 Å². The fourth-order valence-corrected chi connectivity index (χ4v) is 1.37. The van der Waals surface area contributed by atoms with Gasteiger partial charge in [-0.1, -0.05) is 19.8 Å². The summed E-state index contributed by atoms with van der Waals surface area (Å²) < 4.78 is 0. The van der Waals surface area contributed by atoms with Crippen LogP contribution in [0.5, 0.6) is 0 Å². The Hall–Kier alpha value is -0.570. The largest absolute Gasteiger partial charge is 0.354 e. The summed E-state index contributed by atoms with van der Waals surface area (Å²) >= 11 is 0. The van der Waals surface area contributed by atoms with Crippen molar-refractivity contribution >= 4 is 5.91 Å². The van der Waals surface area contributed by atoms with Crippen molar-refractivity contribution < 1.29 is 4.79 Å².